The average Bonchev–Trinajstić information content (AvgIpc) is 3.89. The molecule has 3 N–H and O–H groups in total. The normalized spacial score (nSPS) is 16.9. The van der Waals surface area contributed by atoms with Gasteiger partial charge in [-0.3, -0.25) is 23.7 Å². The lowest BCUT2D eigenvalue weighted by Gasteiger charge is -2.36. The lowest BCUT2D eigenvalue weighted by atomic mass is 9.92. The van der Waals surface area contributed by atoms with Crippen LogP contribution in [0.15, 0.2) is 103 Å². The molecule has 8 rings (SSSR count). The van der Waals surface area contributed by atoms with Crippen molar-refractivity contribution in [2.75, 3.05) is 43.3 Å². The van der Waals surface area contributed by atoms with E-state index in [0.29, 0.717) is 50.1 Å². The quantitative estimate of drug-likeness (QED) is 0.0957. The van der Waals surface area contributed by atoms with Crippen LogP contribution in [0.25, 0.3) is 0 Å². The van der Waals surface area contributed by atoms with E-state index in [1.807, 2.05) is 4.90 Å². The Balaban J connectivity index is 0.000000218. The van der Waals surface area contributed by atoms with Crippen molar-refractivity contribution in [3.8, 4) is 0 Å². The molecule has 3 amide bonds. The fourth-order valence-corrected chi connectivity index (χ4v) is 9.44. The number of nitrogens with one attached hydrogen (secondary N) is 3. The molecule has 2 heterocycles. The Labute approximate surface area is 431 Å². The second-order valence-corrected chi connectivity index (χ2v) is 19.1. The van der Waals surface area contributed by atoms with E-state index < -0.39 is 29.3 Å². The molecule has 0 spiro atoms. The van der Waals surface area contributed by atoms with Crippen molar-refractivity contribution in [2.45, 2.75) is 135 Å². The predicted molar refractivity (Wildman–Crippen MR) is 280 cm³/mol. The third-order valence-corrected chi connectivity index (χ3v) is 13.5. The summed E-state index contributed by atoms with van der Waals surface area (Å²) in [6.07, 6.45) is 4.41. The van der Waals surface area contributed by atoms with Crippen LogP contribution in [0.2, 0.25) is 0 Å². The maximum Gasteiger partial charge on any atom is 0.416 e. The molecular formula is C58H71F8N5O3. The first kappa shape index (κ1) is 60.3. The maximum absolute atomic E-state index is 14.3. The molecule has 1 aliphatic carbocycles. The zero-order valence-corrected chi connectivity index (χ0v) is 43.4. The van der Waals surface area contributed by atoms with Gasteiger partial charge in [-0.1, -0.05) is 93.8 Å². The number of amides is 3. The summed E-state index contributed by atoms with van der Waals surface area (Å²) in [7, 11) is 2.76. The second-order valence-electron chi connectivity index (χ2n) is 19.1. The first-order valence-corrected chi connectivity index (χ1v) is 25.1. The number of aryl methyl sites for hydroxylation is 3. The second kappa shape index (κ2) is 29.0. The van der Waals surface area contributed by atoms with Gasteiger partial charge in [0.25, 0.3) is 5.91 Å². The Hall–Kier alpha value is -6.29. The number of alkyl halides is 7. The van der Waals surface area contributed by atoms with Gasteiger partial charge in [0.15, 0.2) is 0 Å². The van der Waals surface area contributed by atoms with E-state index in [1.165, 1.54) is 112 Å². The van der Waals surface area contributed by atoms with Crippen LogP contribution in [-0.4, -0.2) is 61.9 Å². The summed E-state index contributed by atoms with van der Waals surface area (Å²) < 4.78 is 97.9. The molecule has 0 aromatic heterocycles. The van der Waals surface area contributed by atoms with E-state index >= 15 is 0 Å². The van der Waals surface area contributed by atoms with Gasteiger partial charge >= 0.3 is 12.4 Å². The Bertz CT molecular complexity index is 2440. The summed E-state index contributed by atoms with van der Waals surface area (Å²) in [4.78, 5) is 37.5. The zero-order valence-electron chi connectivity index (χ0n) is 43.4. The Morgan fingerprint density at radius 1 is 0.595 bits per heavy atom. The SMILES string of the molecule is CF.CN1CCCCC1c1ccc(NC2CCCC2)cc1.Cc1ccc(NC=O)cc1C(F)(F)F.Cc1ccc(NC=O)cc1C(F)(F)F.Cc1cccc(F)c1C(=O)N1CCCCC1c1ccc(C(C)C)cc1. The van der Waals surface area contributed by atoms with Crippen molar-refractivity contribution in [2.24, 2.45) is 0 Å². The molecule has 5 aromatic carbocycles. The van der Waals surface area contributed by atoms with Crippen LogP contribution in [0.4, 0.5) is 52.2 Å². The van der Waals surface area contributed by atoms with E-state index in [1.54, 1.807) is 19.1 Å². The van der Waals surface area contributed by atoms with Gasteiger partial charge < -0.3 is 20.9 Å². The highest BCUT2D eigenvalue weighted by molar-refractivity contribution is 5.96. The minimum atomic E-state index is -4.38. The fraction of sp³-hybridized carbons (Fsp3) is 0.431. The van der Waals surface area contributed by atoms with Gasteiger partial charge in [0.2, 0.25) is 12.8 Å². The van der Waals surface area contributed by atoms with Gasteiger partial charge in [0.05, 0.1) is 29.9 Å². The molecule has 3 fully saturated rings. The summed E-state index contributed by atoms with van der Waals surface area (Å²) >= 11 is 0. The van der Waals surface area contributed by atoms with Crippen LogP contribution in [0, 0.1) is 26.6 Å². The lowest BCUT2D eigenvalue weighted by molar-refractivity contribution is -0.138. The number of hydrogen-bond acceptors (Lipinski definition) is 5. The van der Waals surface area contributed by atoms with Crippen LogP contribution < -0.4 is 16.0 Å². The van der Waals surface area contributed by atoms with Gasteiger partial charge in [-0.25, -0.2) is 4.39 Å². The highest BCUT2D eigenvalue weighted by Gasteiger charge is 2.34. The number of nitrogens with zero attached hydrogens (tertiary/aromatic N) is 2. The van der Waals surface area contributed by atoms with Gasteiger partial charge in [0, 0.05) is 35.7 Å². The fourth-order valence-electron chi connectivity index (χ4n) is 9.44. The summed E-state index contributed by atoms with van der Waals surface area (Å²) in [5.41, 5.74) is 5.22. The Kier molecular flexibility index (Phi) is 23.6. The van der Waals surface area contributed by atoms with Crippen molar-refractivity contribution in [3.05, 3.63) is 159 Å². The van der Waals surface area contributed by atoms with Gasteiger partial charge in [-0.2, -0.15) is 26.3 Å². The molecule has 0 bridgehead atoms. The lowest BCUT2D eigenvalue weighted by Crippen LogP contribution is -2.39. The summed E-state index contributed by atoms with van der Waals surface area (Å²) in [6, 6.07) is 31.2. The maximum atomic E-state index is 14.3. The van der Waals surface area contributed by atoms with Crippen LogP contribution in [0.5, 0.6) is 0 Å². The van der Waals surface area contributed by atoms with E-state index in [0.717, 1.165) is 37.0 Å². The minimum Gasteiger partial charge on any atom is -0.382 e. The molecule has 5 aromatic rings. The molecule has 0 radical (unpaired) electrons. The number of likely N-dealkylation sites (tertiary alicyclic amines) is 2. The van der Waals surface area contributed by atoms with E-state index in [9.17, 15) is 49.5 Å². The number of rotatable bonds is 10. The third kappa shape index (κ3) is 17.7. The largest absolute Gasteiger partial charge is 0.416 e. The van der Waals surface area contributed by atoms with Gasteiger partial charge in [-0.05, 0) is 161 Å². The topological polar surface area (TPSA) is 93.8 Å². The molecular weight excluding hydrogens is 967 g/mol. The third-order valence-electron chi connectivity index (χ3n) is 13.5. The summed E-state index contributed by atoms with van der Waals surface area (Å²) in [5, 5.41) is 8.00. The molecule has 402 valence electrons. The highest BCUT2D eigenvalue weighted by atomic mass is 19.4. The van der Waals surface area contributed by atoms with Crippen molar-refractivity contribution in [3.63, 3.8) is 0 Å². The van der Waals surface area contributed by atoms with Crippen LogP contribution in [-0.2, 0) is 21.9 Å². The number of carbonyl (C=O) groups excluding carboxylic acids is 3. The minimum absolute atomic E-state index is 0.0291. The molecule has 74 heavy (non-hydrogen) atoms. The monoisotopic (exact) mass is 1040 g/mol. The summed E-state index contributed by atoms with van der Waals surface area (Å²) in [5.74, 6) is -0.128. The van der Waals surface area contributed by atoms with Crippen LogP contribution in [0.3, 0.4) is 0 Å². The Morgan fingerprint density at radius 2 is 1.05 bits per heavy atom. The number of benzene rings is 5. The van der Waals surface area contributed by atoms with E-state index in [4.69, 9.17) is 0 Å². The standard InChI is InChI=1S/C22H26FNO.C17H26N2.2C9H8F3NO.CH3F/c1-15(2)17-10-12-18(13-11-17)20-9-4-5-14-24(20)22(25)21-16(3)7-6-8-19(21)23;1-19-13-5-4-8-17(19)14-9-11-16(12-10-14)18-15-6-2-3-7-15;2*1-6-2-3-7(13-5-14)4-8(6)9(10,11)12;1-2/h6-8,10-13,15,20H,4-5,9,14H2,1-3H3;9-12,15,17-18H,2-8,13H2,1H3;2*2-5H,1H3,(H,13,14);1H3. The smallest absolute Gasteiger partial charge is 0.382 e. The molecule has 3 aliphatic rings. The molecule has 2 aliphatic heterocycles. The van der Waals surface area contributed by atoms with E-state index in [-0.39, 0.29) is 40.0 Å². The number of piperidine rings is 2. The number of halogens is 8. The molecule has 1 saturated carbocycles. The highest BCUT2D eigenvalue weighted by Crippen LogP contribution is 2.37. The van der Waals surface area contributed by atoms with Crippen molar-refractivity contribution < 1.29 is 49.5 Å². The van der Waals surface area contributed by atoms with Crippen LogP contribution in [0.1, 0.15) is 151 Å². The Morgan fingerprint density at radius 3 is 1.53 bits per heavy atom. The average molecular weight is 1040 g/mol. The van der Waals surface area contributed by atoms with Crippen LogP contribution >= 0.6 is 0 Å². The van der Waals surface area contributed by atoms with Crippen molar-refractivity contribution in [1.29, 1.82) is 0 Å². The molecule has 16 heteroatoms. The molecule has 2 unspecified atom stereocenters. The molecule has 8 nitrogen and oxygen atoms in total. The number of hydrogen-bond donors (Lipinski definition) is 3. The van der Waals surface area contributed by atoms with E-state index in [2.05, 4.69) is 90.3 Å². The number of carbonyl (C=O) groups is 3. The molecule has 2 saturated heterocycles. The molecule has 2 atom stereocenters. The first-order chi connectivity index (χ1) is 35.2. The zero-order chi connectivity index (χ0) is 54.6. The first-order valence-electron chi connectivity index (χ1n) is 25.1. The number of anilines is 3. The van der Waals surface area contributed by atoms with Gasteiger partial charge in [0.1, 0.15) is 5.82 Å². The summed E-state index contributed by atoms with van der Waals surface area (Å²) in [6.45, 7) is 10.8. The van der Waals surface area contributed by atoms with Crippen molar-refractivity contribution in [1.82, 2.24) is 9.80 Å². The van der Waals surface area contributed by atoms with Gasteiger partial charge in [-0.15, -0.1) is 0 Å². The van der Waals surface area contributed by atoms with Crippen molar-refractivity contribution >= 4 is 35.8 Å². The predicted octanol–water partition coefficient (Wildman–Crippen LogP) is 15.6.